The fraction of sp³-hybridized carbons (Fsp3) is 0.722. The Morgan fingerprint density at radius 2 is 1.98 bits per heavy atom. The van der Waals surface area contributed by atoms with Crippen LogP contribution in [0.2, 0.25) is 0 Å². The van der Waals surface area contributed by atoms with E-state index in [9.17, 15) is 19.2 Å². The van der Waals surface area contributed by atoms with Crippen molar-refractivity contribution in [2.75, 3.05) is 40.3 Å². The first-order chi connectivity index (χ1) is 21.8. The van der Waals surface area contributed by atoms with Crippen LogP contribution in [0, 0.1) is 29.1 Å². The summed E-state index contributed by atoms with van der Waals surface area (Å²) in [4.78, 5) is 54.4. The highest BCUT2D eigenvalue weighted by Gasteiger charge is 2.72. The van der Waals surface area contributed by atoms with E-state index < -0.39 is 23.7 Å². The molecule has 3 saturated carbocycles. The molecule has 3 amide bonds. The summed E-state index contributed by atoms with van der Waals surface area (Å²) in [5.41, 5.74) is 1.89. The average Bonchev–Trinajstić information content (AvgIpc) is 3.92. The second-order valence-electron chi connectivity index (χ2n) is 15.7. The first-order valence-corrected chi connectivity index (χ1v) is 17.5. The van der Waals surface area contributed by atoms with Crippen molar-refractivity contribution in [3.63, 3.8) is 0 Å². The van der Waals surface area contributed by atoms with E-state index in [0.717, 1.165) is 37.3 Å². The van der Waals surface area contributed by atoms with Gasteiger partial charge in [0.2, 0.25) is 11.8 Å². The van der Waals surface area contributed by atoms with Crippen molar-refractivity contribution in [2.45, 2.75) is 96.6 Å². The van der Waals surface area contributed by atoms with Gasteiger partial charge in [-0.15, -0.1) is 0 Å². The van der Waals surface area contributed by atoms with Crippen LogP contribution in [0.3, 0.4) is 0 Å². The zero-order valence-electron chi connectivity index (χ0n) is 28.5. The Labute approximate surface area is 273 Å². The summed E-state index contributed by atoms with van der Waals surface area (Å²) >= 11 is 0. The Bertz CT molecular complexity index is 1390. The normalized spacial score (nSPS) is 29.9. The van der Waals surface area contributed by atoms with Gasteiger partial charge in [-0.1, -0.05) is 26.8 Å². The molecule has 0 saturated heterocycles. The Balaban J connectivity index is 1.20. The number of benzene rings is 1. The van der Waals surface area contributed by atoms with E-state index >= 15 is 0 Å². The van der Waals surface area contributed by atoms with Crippen LogP contribution in [0.1, 0.15) is 83.8 Å². The standard InChI is InChI=1S/C36H52N4O6/c1-21(2)17-27(38-22(3)41)33(43)37-14-16-40(6)34(44)45-29-10-9-24-18-25-19-26(25)35(4)12-11-28(42)32-36(35,30(24)31(29)46-32)13-15-39(5)20-23-7-8-23/h9-10,21,23,25-27,32H,7-8,11-20H2,1-6H3,(H,37,43)(H,38,41)/p+1. The molecule has 1 aliphatic heterocycles. The molecule has 4 aliphatic carbocycles. The Morgan fingerprint density at radius 1 is 1.22 bits per heavy atom. The first kappa shape index (κ1) is 32.8. The molecule has 7 unspecified atom stereocenters. The lowest BCUT2D eigenvalue weighted by molar-refractivity contribution is -0.882. The lowest BCUT2D eigenvalue weighted by Gasteiger charge is -2.52. The van der Waals surface area contributed by atoms with E-state index in [-0.39, 0.29) is 42.0 Å². The molecule has 3 fully saturated rings. The second-order valence-corrected chi connectivity index (χ2v) is 15.7. The monoisotopic (exact) mass is 637 g/mol. The fourth-order valence-electron chi connectivity index (χ4n) is 9.08. The number of Topliss-reactive ketones (excluding diaryl/α,β-unsaturated/α-hetero) is 1. The molecule has 1 aromatic carbocycles. The lowest BCUT2D eigenvalue weighted by atomic mass is 9.50. The topological polar surface area (TPSA) is 118 Å². The summed E-state index contributed by atoms with van der Waals surface area (Å²) < 4.78 is 12.7. The zero-order valence-corrected chi connectivity index (χ0v) is 28.5. The van der Waals surface area contributed by atoms with Gasteiger partial charge in [-0.25, -0.2) is 4.79 Å². The van der Waals surface area contributed by atoms with Crippen molar-refractivity contribution in [2.24, 2.45) is 29.1 Å². The summed E-state index contributed by atoms with van der Waals surface area (Å²) in [7, 11) is 3.91. The van der Waals surface area contributed by atoms with Crippen LogP contribution in [-0.2, 0) is 26.2 Å². The molecule has 1 aromatic rings. The van der Waals surface area contributed by atoms with E-state index in [1.807, 2.05) is 19.9 Å². The largest absolute Gasteiger partial charge is 0.477 e. The van der Waals surface area contributed by atoms with Crippen LogP contribution in [0.5, 0.6) is 11.5 Å². The van der Waals surface area contributed by atoms with Gasteiger partial charge in [-0.2, -0.15) is 0 Å². The molecule has 7 atom stereocenters. The number of nitrogens with one attached hydrogen (secondary N) is 3. The van der Waals surface area contributed by atoms with Gasteiger partial charge in [0.05, 0.1) is 25.6 Å². The number of fused-ring (bicyclic) bond motifs is 2. The smallest absolute Gasteiger partial charge is 0.415 e. The van der Waals surface area contributed by atoms with Gasteiger partial charge in [-0.3, -0.25) is 14.4 Å². The molecule has 0 aromatic heterocycles. The summed E-state index contributed by atoms with van der Waals surface area (Å²) in [6.45, 7) is 10.4. The number of carbonyl (C=O) groups is 4. The number of quaternary nitrogens is 1. The number of nitrogens with zero attached hydrogens (tertiary/aromatic N) is 1. The minimum atomic E-state index is -0.624. The minimum absolute atomic E-state index is 0.0467. The van der Waals surface area contributed by atoms with Crippen LogP contribution in [0.25, 0.3) is 0 Å². The van der Waals surface area contributed by atoms with E-state index in [1.54, 1.807) is 7.05 Å². The van der Waals surface area contributed by atoms with Crippen molar-refractivity contribution in [1.29, 1.82) is 0 Å². The second kappa shape index (κ2) is 12.5. The van der Waals surface area contributed by atoms with E-state index in [4.69, 9.17) is 9.47 Å². The van der Waals surface area contributed by atoms with Gasteiger partial charge in [-0.05, 0) is 73.3 Å². The number of ketones is 1. The molecule has 3 N–H and O–H groups in total. The SMILES string of the molecule is CC(=O)NC(CC(C)C)C(=O)NCCN(C)C(=O)Oc1ccc2c3c1OC1C(=O)CCC(C)(C4CC4C2)C31CC[NH+](C)CC1CC1. The molecule has 46 heavy (non-hydrogen) atoms. The predicted molar refractivity (Wildman–Crippen MR) is 173 cm³/mol. The van der Waals surface area contributed by atoms with Crippen molar-refractivity contribution in [3.8, 4) is 11.5 Å². The Hall–Kier alpha value is -3.14. The molecule has 5 aliphatic rings. The fourth-order valence-corrected chi connectivity index (χ4v) is 9.08. The van der Waals surface area contributed by atoms with Gasteiger partial charge in [0.15, 0.2) is 23.4 Å². The third kappa shape index (κ3) is 6.02. The molecule has 0 spiro atoms. The lowest BCUT2D eigenvalue weighted by Crippen LogP contribution is -3.09. The molecule has 1 heterocycles. The van der Waals surface area contributed by atoms with E-state index in [0.29, 0.717) is 36.2 Å². The highest BCUT2D eigenvalue weighted by molar-refractivity contribution is 5.90. The third-order valence-corrected chi connectivity index (χ3v) is 11.7. The van der Waals surface area contributed by atoms with Gasteiger partial charge in [0.25, 0.3) is 0 Å². The van der Waals surface area contributed by atoms with Gasteiger partial charge in [0.1, 0.15) is 6.04 Å². The van der Waals surface area contributed by atoms with Gasteiger partial charge in [0, 0.05) is 51.4 Å². The Morgan fingerprint density at radius 3 is 2.67 bits per heavy atom. The maximum Gasteiger partial charge on any atom is 0.415 e. The highest BCUT2D eigenvalue weighted by atomic mass is 16.6. The predicted octanol–water partition coefficient (Wildman–Crippen LogP) is 2.66. The van der Waals surface area contributed by atoms with Crippen molar-refractivity contribution < 1.29 is 33.6 Å². The van der Waals surface area contributed by atoms with Crippen LogP contribution < -0.4 is 25.0 Å². The number of likely N-dealkylation sites (N-methyl/N-ethyl adjacent to an activating group) is 1. The van der Waals surface area contributed by atoms with E-state index in [2.05, 4.69) is 30.7 Å². The van der Waals surface area contributed by atoms with Gasteiger partial charge < -0.3 is 29.9 Å². The molecule has 0 radical (unpaired) electrons. The molecule has 10 heteroatoms. The van der Waals surface area contributed by atoms with Crippen LogP contribution in [-0.4, -0.2) is 81.0 Å². The number of ether oxygens (including phenoxy) is 2. The Kier molecular flexibility index (Phi) is 8.89. The molecule has 0 bridgehead atoms. The number of carbonyl (C=O) groups excluding carboxylic acids is 4. The maximum atomic E-state index is 13.7. The summed E-state index contributed by atoms with van der Waals surface area (Å²) in [6.07, 6.45) is 6.54. The molecular formula is C36H53N4O6+. The summed E-state index contributed by atoms with van der Waals surface area (Å²) in [5, 5.41) is 5.55. The number of hydrogen-bond acceptors (Lipinski definition) is 6. The number of rotatable bonds is 13. The van der Waals surface area contributed by atoms with E-state index in [1.165, 1.54) is 48.1 Å². The van der Waals surface area contributed by atoms with Crippen LogP contribution in [0.15, 0.2) is 12.1 Å². The highest BCUT2D eigenvalue weighted by Crippen LogP contribution is 2.72. The maximum absolute atomic E-state index is 13.7. The molecule has 252 valence electrons. The minimum Gasteiger partial charge on any atom is -0.477 e. The molecule has 10 nitrogen and oxygen atoms in total. The third-order valence-electron chi connectivity index (χ3n) is 11.7. The summed E-state index contributed by atoms with van der Waals surface area (Å²) in [6, 6.07) is 3.32. The number of amides is 3. The number of hydrogen-bond donors (Lipinski definition) is 3. The quantitative estimate of drug-likeness (QED) is 0.306. The summed E-state index contributed by atoms with van der Waals surface area (Å²) in [5.74, 6) is 2.83. The average molecular weight is 638 g/mol. The van der Waals surface area contributed by atoms with Crippen LogP contribution in [0.4, 0.5) is 4.79 Å². The first-order valence-electron chi connectivity index (χ1n) is 17.5. The van der Waals surface area contributed by atoms with Crippen LogP contribution >= 0.6 is 0 Å². The molecule has 6 rings (SSSR count). The van der Waals surface area contributed by atoms with Crippen molar-refractivity contribution >= 4 is 23.7 Å². The zero-order chi connectivity index (χ0) is 33.0. The van der Waals surface area contributed by atoms with Crippen molar-refractivity contribution in [1.82, 2.24) is 15.5 Å². The van der Waals surface area contributed by atoms with Crippen molar-refractivity contribution in [3.05, 3.63) is 23.3 Å². The van der Waals surface area contributed by atoms with Gasteiger partial charge >= 0.3 is 6.09 Å². The molecular weight excluding hydrogens is 584 g/mol.